The van der Waals surface area contributed by atoms with Crippen molar-refractivity contribution in [3.8, 4) is 34.4 Å². The van der Waals surface area contributed by atoms with E-state index >= 15 is 0 Å². The fraction of sp³-hybridized carbons (Fsp3) is 0. The fourth-order valence-corrected chi connectivity index (χ4v) is 22.7. The number of fused-ring (bicyclic) bond motifs is 7. The van der Waals surface area contributed by atoms with E-state index in [4.69, 9.17) is 15.0 Å². The summed E-state index contributed by atoms with van der Waals surface area (Å²) in [5.41, 5.74) is 7.19. The Balaban J connectivity index is 0.959. The molecule has 3 heterocycles. The Kier molecular flexibility index (Phi) is 12.1. The lowest BCUT2D eigenvalue weighted by molar-refractivity contribution is 0.955. The van der Waals surface area contributed by atoms with Crippen LogP contribution in [0.5, 0.6) is 0 Å². The van der Waals surface area contributed by atoms with Crippen molar-refractivity contribution in [3.63, 3.8) is 0 Å². The Labute approximate surface area is 478 Å². The van der Waals surface area contributed by atoms with E-state index in [2.05, 4.69) is 312 Å². The van der Waals surface area contributed by atoms with Crippen LogP contribution in [0.1, 0.15) is 0 Å². The first kappa shape index (κ1) is 48.8. The maximum Gasteiger partial charge on any atom is 0.238 e. The maximum atomic E-state index is 5.56. The number of hydrogen-bond donors (Lipinski definition) is 0. The number of nitrogens with zero attached hydrogens (tertiary/aromatic N) is 5. The third-order valence-electron chi connectivity index (χ3n) is 16.7. The SMILES string of the molecule is c1ccc(-c2nc(-c3ccc([Si](c4ccccc4)(c4ccccc4)c4ccccc4)cc3)nc(-n3c4ccccc4c4ccc5c(c6ccccc6n5-c5cccc([Si](c6ccccc6)(c6ccccc6)c6ccccc6)c5)c43)n2)cc1. The van der Waals surface area contributed by atoms with E-state index in [9.17, 15) is 0 Å². The van der Waals surface area contributed by atoms with Crippen LogP contribution in [0, 0.1) is 0 Å². The summed E-state index contributed by atoms with van der Waals surface area (Å²) in [6.07, 6.45) is 0. The van der Waals surface area contributed by atoms with Gasteiger partial charge in [-0.3, -0.25) is 4.57 Å². The Morgan fingerprint density at radius 2 is 0.622 bits per heavy atom. The van der Waals surface area contributed by atoms with Gasteiger partial charge in [-0.1, -0.05) is 291 Å². The molecule has 0 amide bonds. The van der Waals surface area contributed by atoms with Gasteiger partial charge in [0.25, 0.3) is 0 Å². The standard InChI is InChI=1S/C75H53N5Si2/c1-8-27-54(28-9-1)73-76-74(55-47-49-63(50-48-55)81(57-30-10-2-11-31-57,58-32-12-3-13-33-58)59-34-14-4-15-35-59)78-75(77-73)80-68-45-24-22-43-65(68)66-51-52-70-71(72(66)80)67-44-23-25-46-69(67)79(70)56-29-26-42-64(53-56)82(60-36-16-5-17-37-60,61-38-18-6-19-39-61)62-40-20-7-21-41-62/h1-53H. The van der Waals surface area contributed by atoms with E-state index in [-0.39, 0.29) is 0 Å². The summed E-state index contributed by atoms with van der Waals surface area (Å²) in [5.74, 6) is 1.75. The molecule has 3 aromatic heterocycles. The van der Waals surface area contributed by atoms with Crippen LogP contribution < -0.4 is 41.5 Å². The molecule has 15 rings (SSSR count). The monoisotopic (exact) mass is 1080 g/mol. The average molecular weight is 1080 g/mol. The minimum absolute atomic E-state index is 0.552. The van der Waals surface area contributed by atoms with Crippen LogP contribution in [0.3, 0.4) is 0 Å². The number of hydrogen-bond acceptors (Lipinski definition) is 3. The Morgan fingerprint density at radius 3 is 1.11 bits per heavy atom. The zero-order valence-corrected chi connectivity index (χ0v) is 46.8. The third kappa shape index (κ3) is 7.85. The predicted octanol–water partition coefficient (Wildman–Crippen LogP) is 12.2. The quantitative estimate of drug-likeness (QED) is 0.0905. The number of aromatic nitrogens is 5. The number of rotatable bonds is 12. The smallest absolute Gasteiger partial charge is 0.238 e. The van der Waals surface area contributed by atoms with E-state index in [1.807, 2.05) is 18.2 Å². The summed E-state index contributed by atoms with van der Waals surface area (Å²) in [6.45, 7) is 0. The summed E-state index contributed by atoms with van der Waals surface area (Å²) in [4.78, 5) is 16.4. The van der Waals surface area contributed by atoms with Crippen LogP contribution in [0.2, 0.25) is 0 Å². The predicted molar refractivity (Wildman–Crippen MR) is 347 cm³/mol. The molecule has 0 fully saturated rings. The minimum atomic E-state index is -2.86. The number of benzene rings is 12. The van der Waals surface area contributed by atoms with Crippen molar-refractivity contribution in [1.29, 1.82) is 0 Å². The second-order valence-electron chi connectivity index (χ2n) is 21.0. The van der Waals surface area contributed by atoms with Gasteiger partial charge >= 0.3 is 0 Å². The summed E-state index contributed by atoms with van der Waals surface area (Å²) >= 11 is 0. The molecule has 0 radical (unpaired) electrons. The van der Waals surface area contributed by atoms with E-state index in [0.717, 1.165) is 60.4 Å². The molecule has 0 saturated heterocycles. The average Bonchev–Trinajstić information content (AvgIpc) is 2.17. The van der Waals surface area contributed by atoms with E-state index < -0.39 is 16.1 Å². The first-order valence-corrected chi connectivity index (χ1v) is 32.0. The summed E-state index contributed by atoms with van der Waals surface area (Å²) in [5, 5.41) is 15.1. The van der Waals surface area contributed by atoms with Gasteiger partial charge in [0.2, 0.25) is 5.95 Å². The van der Waals surface area contributed by atoms with Crippen LogP contribution in [-0.4, -0.2) is 40.2 Å². The first-order chi connectivity index (χ1) is 40.7. The minimum Gasteiger partial charge on any atom is -0.309 e. The zero-order chi connectivity index (χ0) is 54.5. The Hall–Kier alpha value is -10.3. The van der Waals surface area contributed by atoms with Gasteiger partial charge in [0, 0.05) is 38.4 Å². The van der Waals surface area contributed by atoms with Crippen LogP contribution >= 0.6 is 0 Å². The highest BCUT2D eigenvalue weighted by molar-refractivity contribution is 7.20. The molecular weight excluding hydrogens is 1030 g/mol. The molecule has 0 unspecified atom stereocenters. The topological polar surface area (TPSA) is 48.5 Å². The van der Waals surface area contributed by atoms with Gasteiger partial charge in [-0.2, -0.15) is 9.97 Å². The normalized spacial score (nSPS) is 11.9. The zero-order valence-electron chi connectivity index (χ0n) is 44.8. The lowest BCUT2D eigenvalue weighted by Crippen LogP contribution is -2.74. The molecule has 0 aliphatic heterocycles. The van der Waals surface area contributed by atoms with E-state index in [1.165, 1.54) is 41.5 Å². The molecule has 0 spiro atoms. The molecule has 386 valence electrons. The van der Waals surface area contributed by atoms with Gasteiger partial charge in [-0.15, -0.1) is 0 Å². The first-order valence-electron chi connectivity index (χ1n) is 28.0. The highest BCUT2D eigenvalue weighted by Crippen LogP contribution is 2.42. The molecular formula is C75H53N5Si2. The van der Waals surface area contributed by atoms with Gasteiger partial charge < -0.3 is 4.57 Å². The maximum absolute atomic E-state index is 5.56. The van der Waals surface area contributed by atoms with Crippen molar-refractivity contribution in [2.45, 2.75) is 0 Å². The molecule has 82 heavy (non-hydrogen) atoms. The van der Waals surface area contributed by atoms with Gasteiger partial charge in [-0.25, -0.2) is 4.98 Å². The third-order valence-corrected chi connectivity index (χ3v) is 26.3. The molecule has 0 aliphatic rings. The molecule has 15 aromatic rings. The molecule has 5 nitrogen and oxygen atoms in total. The van der Waals surface area contributed by atoms with Crippen LogP contribution in [0.15, 0.2) is 322 Å². The second kappa shape index (κ2) is 20.4. The van der Waals surface area contributed by atoms with Crippen molar-refractivity contribution in [3.05, 3.63) is 322 Å². The lowest BCUT2D eigenvalue weighted by atomic mass is 10.1. The largest absolute Gasteiger partial charge is 0.309 e. The van der Waals surface area contributed by atoms with Crippen molar-refractivity contribution in [2.24, 2.45) is 0 Å². The molecule has 0 bridgehead atoms. The molecule has 0 N–H and O–H groups in total. The lowest BCUT2D eigenvalue weighted by Gasteiger charge is -2.34. The van der Waals surface area contributed by atoms with Crippen LogP contribution in [0.25, 0.3) is 78.0 Å². The molecule has 0 saturated carbocycles. The van der Waals surface area contributed by atoms with E-state index in [1.54, 1.807) is 0 Å². The molecule has 12 aromatic carbocycles. The van der Waals surface area contributed by atoms with Crippen molar-refractivity contribution in [2.75, 3.05) is 0 Å². The highest BCUT2D eigenvalue weighted by atomic mass is 28.3. The van der Waals surface area contributed by atoms with Gasteiger partial charge in [0.15, 0.2) is 27.8 Å². The van der Waals surface area contributed by atoms with E-state index in [0.29, 0.717) is 17.6 Å². The Bertz CT molecular complexity index is 4570. The van der Waals surface area contributed by atoms with Crippen LogP contribution in [0.4, 0.5) is 0 Å². The van der Waals surface area contributed by atoms with Crippen LogP contribution in [-0.2, 0) is 0 Å². The number of para-hydroxylation sites is 2. The summed E-state index contributed by atoms with van der Waals surface area (Å²) < 4.78 is 4.76. The molecule has 0 atom stereocenters. The van der Waals surface area contributed by atoms with Crippen molar-refractivity contribution in [1.82, 2.24) is 24.1 Å². The highest BCUT2D eigenvalue weighted by Gasteiger charge is 2.43. The van der Waals surface area contributed by atoms with Crippen molar-refractivity contribution >= 4 is 101 Å². The summed E-state index contributed by atoms with van der Waals surface area (Å²) in [7, 11) is -5.65. The fourth-order valence-electron chi connectivity index (χ4n) is 13.2. The van der Waals surface area contributed by atoms with Crippen molar-refractivity contribution < 1.29 is 0 Å². The second-order valence-corrected chi connectivity index (χ2v) is 28.7. The van der Waals surface area contributed by atoms with Gasteiger partial charge in [0.1, 0.15) is 0 Å². The van der Waals surface area contributed by atoms with Gasteiger partial charge in [0.05, 0.1) is 22.1 Å². The summed E-state index contributed by atoms with van der Waals surface area (Å²) in [6, 6.07) is 118. The molecule has 0 aliphatic carbocycles. The molecule has 7 heteroatoms. The Morgan fingerprint density at radius 1 is 0.244 bits per heavy atom. The van der Waals surface area contributed by atoms with Gasteiger partial charge in [-0.05, 0) is 71.8 Å².